The van der Waals surface area contributed by atoms with Gasteiger partial charge in [-0.15, -0.1) is 0 Å². The van der Waals surface area contributed by atoms with Gasteiger partial charge in [-0.05, 0) is 19.2 Å². The molecule has 1 fully saturated rings. The first-order chi connectivity index (χ1) is 13.2. The summed E-state index contributed by atoms with van der Waals surface area (Å²) in [6, 6.07) is 9.77. The Kier molecular flexibility index (Phi) is 4.68. The lowest BCUT2D eigenvalue weighted by Crippen LogP contribution is -2.47. The third kappa shape index (κ3) is 3.46. The fourth-order valence-corrected chi connectivity index (χ4v) is 3.21. The van der Waals surface area contributed by atoms with E-state index in [2.05, 4.69) is 26.9 Å². The van der Waals surface area contributed by atoms with Crippen molar-refractivity contribution in [3.8, 4) is 17.1 Å². The zero-order valence-electron chi connectivity index (χ0n) is 15.4. The van der Waals surface area contributed by atoms with E-state index < -0.39 is 0 Å². The number of amides is 1. The minimum atomic E-state index is -0.0924. The standard InChI is InChI=1S/C20H21N5O2/c1-24-7-9-25(10-8-24)20(26)18-13-21-12-17(22-18)15-11-14-5-3-4-6-16(14)23-19(15)27-2/h3-6,11-13H,7-10H2,1-2H3. The van der Waals surface area contributed by atoms with E-state index in [1.807, 2.05) is 35.2 Å². The molecular formula is C20H21N5O2. The highest BCUT2D eigenvalue weighted by Gasteiger charge is 2.22. The molecule has 0 bridgehead atoms. The van der Waals surface area contributed by atoms with Crippen molar-refractivity contribution in [3.05, 3.63) is 48.4 Å². The molecule has 0 aliphatic carbocycles. The number of piperazine rings is 1. The van der Waals surface area contributed by atoms with Crippen molar-refractivity contribution in [1.82, 2.24) is 24.8 Å². The predicted octanol–water partition coefficient (Wildman–Crippen LogP) is 2.09. The van der Waals surface area contributed by atoms with Crippen molar-refractivity contribution in [3.63, 3.8) is 0 Å². The monoisotopic (exact) mass is 363 g/mol. The van der Waals surface area contributed by atoms with Crippen LogP contribution in [0.3, 0.4) is 0 Å². The van der Waals surface area contributed by atoms with E-state index in [1.165, 1.54) is 6.20 Å². The molecule has 2 aromatic heterocycles. The maximum absolute atomic E-state index is 12.8. The first-order valence-electron chi connectivity index (χ1n) is 8.90. The molecule has 0 unspecified atom stereocenters. The summed E-state index contributed by atoms with van der Waals surface area (Å²) in [5.74, 6) is 0.373. The van der Waals surface area contributed by atoms with Crippen LogP contribution in [-0.2, 0) is 0 Å². The molecule has 1 aliphatic rings. The first-order valence-corrected chi connectivity index (χ1v) is 8.90. The van der Waals surface area contributed by atoms with E-state index in [0.717, 1.165) is 29.6 Å². The number of rotatable bonds is 3. The number of nitrogens with zero attached hydrogens (tertiary/aromatic N) is 5. The predicted molar refractivity (Wildman–Crippen MR) is 103 cm³/mol. The third-order valence-corrected chi connectivity index (χ3v) is 4.80. The second-order valence-electron chi connectivity index (χ2n) is 6.62. The van der Waals surface area contributed by atoms with E-state index in [9.17, 15) is 4.79 Å². The van der Waals surface area contributed by atoms with Crippen LogP contribution < -0.4 is 4.74 Å². The van der Waals surface area contributed by atoms with Crippen molar-refractivity contribution < 1.29 is 9.53 Å². The molecule has 0 spiro atoms. The van der Waals surface area contributed by atoms with E-state index >= 15 is 0 Å². The largest absolute Gasteiger partial charge is 0.480 e. The molecule has 27 heavy (non-hydrogen) atoms. The van der Waals surface area contributed by atoms with Gasteiger partial charge in [0.25, 0.3) is 5.91 Å². The number of hydrogen-bond donors (Lipinski definition) is 0. The maximum atomic E-state index is 12.8. The third-order valence-electron chi connectivity index (χ3n) is 4.80. The van der Waals surface area contributed by atoms with Gasteiger partial charge in [0.05, 0.1) is 36.3 Å². The van der Waals surface area contributed by atoms with Crippen LogP contribution in [0, 0.1) is 0 Å². The number of likely N-dealkylation sites (N-methyl/N-ethyl adjacent to an activating group) is 1. The first kappa shape index (κ1) is 17.4. The van der Waals surface area contributed by atoms with E-state index in [-0.39, 0.29) is 5.91 Å². The Labute approximate surface area is 157 Å². The van der Waals surface area contributed by atoms with Crippen molar-refractivity contribution in [1.29, 1.82) is 0 Å². The van der Waals surface area contributed by atoms with Crippen LogP contribution in [0.25, 0.3) is 22.2 Å². The van der Waals surface area contributed by atoms with Crippen LogP contribution in [0.2, 0.25) is 0 Å². The molecule has 0 atom stereocenters. The van der Waals surface area contributed by atoms with Gasteiger partial charge in [0.15, 0.2) is 0 Å². The smallest absolute Gasteiger partial charge is 0.274 e. The van der Waals surface area contributed by atoms with Crippen LogP contribution >= 0.6 is 0 Å². The fraction of sp³-hybridized carbons (Fsp3) is 0.300. The maximum Gasteiger partial charge on any atom is 0.274 e. The van der Waals surface area contributed by atoms with Gasteiger partial charge in [0, 0.05) is 31.6 Å². The Morgan fingerprint density at radius 2 is 1.85 bits per heavy atom. The Morgan fingerprint density at radius 3 is 2.63 bits per heavy atom. The highest BCUT2D eigenvalue weighted by molar-refractivity contribution is 5.93. The van der Waals surface area contributed by atoms with Crippen LogP contribution in [-0.4, -0.2) is 71.0 Å². The summed E-state index contributed by atoms with van der Waals surface area (Å²) >= 11 is 0. The molecule has 3 heterocycles. The SMILES string of the molecule is COc1nc2ccccc2cc1-c1cncc(C(=O)N2CCN(C)CC2)n1. The number of ether oxygens (including phenoxy) is 1. The summed E-state index contributed by atoms with van der Waals surface area (Å²) in [4.78, 5) is 30.2. The molecule has 1 saturated heterocycles. The zero-order chi connectivity index (χ0) is 18.8. The Morgan fingerprint density at radius 1 is 1.07 bits per heavy atom. The van der Waals surface area contributed by atoms with Crippen molar-refractivity contribution in [2.45, 2.75) is 0 Å². The van der Waals surface area contributed by atoms with Gasteiger partial charge in [-0.1, -0.05) is 18.2 Å². The lowest BCUT2D eigenvalue weighted by Gasteiger charge is -2.32. The van der Waals surface area contributed by atoms with E-state index in [0.29, 0.717) is 30.4 Å². The van der Waals surface area contributed by atoms with Gasteiger partial charge in [-0.3, -0.25) is 9.78 Å². The lowest BCUT2D eigenvalue weighted by molar-refractivity contribution is 0.0658. The molecule has 0 radical (unpaired) electrons. The summed E-state index contributed by atoms with van der Waals surface area (Å²) in [5, 5.41) is 0.978. The van der Waals surface area contributed by atoms with Crippen LogP contribution in [0.4, 0.5) is 0 Å². The number of hydrogen-bond acceptors (Lipinski definition) is 6. The van der Waals surface area contributed by atoms with Crippen LogP contribution in [0.1, 0.15) is 10.5 Å². The van der Waals surface area contributed by atoms with Crippen LogP contribution in [0.5, 0.6) is 5.88 Å². The fourth-order valence-electron chi connectivity index (χ4n) is 3.21. The molecule has 1 aliphatic heterocycles. The Balaban J connectivity index is 1.70. The quantitative estimate of drug-likeness (QED) is 0.710. The normalized spacial score (nSPS) is 15.1. The van der Waals surface area contributed by atoms with Gasteiger partial charge in [-0.25, -0.2) is 9.97 Å². The van der Waals surface area contributed by atoms with E-state index in [1.54, 1.807) is 13.3 Å². The van der Waals surface area contributed by atoms with Crippen molar-refractivity contribution in [2.24, 2.45) is 0 Å². The molecule has 1 aromatic carbocycles. The molecule has 0 saturated carbocycles. The molecule has 7 nitrogen and oxygen atoms in total. The number of carbonyl (C=O) groups is 1. The van der Waals surface area contributed by atoms with Gasteiger partial charge >= 0.3 is 0 Å². The van der Waals surface area contributed by atoms with Gasteiger partial charge < -0.3 is 14.5 Å². The summed E-state index contributed by atoms with van der Waals surface area (Å²) in [6.07, 6.45) is 3.15. The van der Waals surface area contributed by atoms with Gasteiger partial charge in [0.1, 0.15) is 5.69 Å². The number of aromatic nitrogens is 3. The minimum absolute atomic E-state index is 0.0924. The molecule has 1 amide bonds. The molecule has 0 N–H and O–H groups in total. The zero-order valence-corrected chi connectivity index (χ0v) is 15.4. The van der Waals surface area contributed by atoms with Gasteiger partial charge in [0.2, 0.25) is 5.88 Å². The molecular weight excluding hydrogens is 342 g/mol. The summed E-state index contributed by atoms with van der Waals surface area (Å²) in [5.41, 5.74) is 2.48. The van der Waals surface area contributed by atoms with Crippen LogP contribution in [0.15, 0.2) is 42.7 Å². The number of benzene rings is 1. The summed E-state index contributed by atoms with van der Waals surface area (Å²) in [7, 11) is 3.63. The number of para-hydroxylation sites is 1. The molecule has 7 heteroatoms. The number of methoxy groups -OCH3 is 1. The Bertz CT molecular complexity index is 983. The Hall–Kier alpha value is -3.06. The lowest BCUT2D eigenvalue weighted by atomic mass is 10.1. The summed E-state index contributed by atoms with van der Waals surface area (Å²) < 4.78 is 5.46. The van der Waals surface area contributed by atoms with E-state index in [4.69, 9.17) is 4.74 Å². The molecule has 138 valence electrons. The second-order valence-corrected chi connectivity index (χ2v) is 6.62. The topological polar surface area (TPSA) is 71.5 Å². The molecule has 3 aromatic rings. The average Bonchev–Trinajstić information content (AvgIpc) is 2.73. The average molecular weight is 363 g/mol. The highest BCUT2D eigenvalue weighted by atomic mass is 16.5. The van der Waals surface area contributed by atoms with Crippen molar-refractivity contribution in [2.75, 3.05) is 40.3 Å². The number of pyridine rings is 1. The van der Waals surface area contributed by atoms with Gasteiger partial charge in [-0.2, -0.15) is 0 Å². The van der Waals surface area contributed by atoms with Crippen molar-refractivity contribution >= 4 is 16.8 Å². The number of fused-ring (bicyclic) bond motifs is 1. The number of carbonyl (C=O) groups excluding carboxylic acids is 1. The highest BCUT2D eigenvalue weighted by Crippen LogP contribution is 2.30. The summed E-state index contributed by atoms with van der Waals surface area (Å²) in [6.45, 7) is 3.12. The second kappa shape index (κ2) is 7.28. The molecule has 4 rings (SSSR count). The minimum Gasteiger partial charge on any atom is -0.480 e.